The summed E-state index contributed by atoms with van der Waals surface area (Å²) in [5, 5.41) is 8.39. The van der Waals surface area contributed by atoms with Gasteiger partial charge in [-0.3, -0.25) is 4.79 Å². The second kappa shape index (κ2) is 11.4. The highest BCUT2D eigenvalue weighted by Gasteiger charge is 1.92. The molecule has 0 aliphatic rings. The maximum atomic E-state index is 10.2. The molecule has 88 valence electrons. The summed E-state index contributed by atoms with van der Waals surface area (Å²) in [6.07, 6.45) is 15.4. The number of carbonyl (C=O) groups is 2. The number of carboxylic acid groups (broad SMARTS) is 1. The fraction of sp³-hybridized carbons (Fsp3) is 0.385. The van der Waals surface area contributed by atoms with Gasteiger partial charge in [0, 0.05) is 12.8 Å². The molecule has 0 aromatic heterocycles. The first-order chi connectivity index (χ1) is 7.77. The highest BCUT2D eigenvalue weighted by molar-refractivity contribution is 5.66. The van der Waals surface area contributed by atoms with Gasteiger partial charge in [0.1, 0.15) is 6.29 Å². The second-order valence-electron chi connectivity index (χ2n) is 3.25. The van der Waals surface area contributed by atoms with Crippen LogP contribution < -0.4 is 0 Å². The first-order valence-corrected chi connectivity index (χ1v) is 5.39. The van der Waals surface area contributed by atoms with E-state index in [1.165, 1.54) is 0 Å². The minimum Gasteiger partial charge on any atom is -0.481 e. The first-order valence-electron chi connectivity index (χ1n) is 5.39. The van der Waals surface area contributed by atoms with Crippen LogP contribution in [0.25, 0.3) is 0 Å². The van der Waals surface area contributed by atoms with Crippen molar-refractivity contribution in [3.63, 3.8) is 0 Å². The number of carbonyl (C=O) groups excluding carboxylic acids is 1. The first kappa shape index (κ1) is 14.4. The molecule has 0 fully saturated rings. The van der Waals surface area contributed by atoms with E-state index >= 15 is 0 Å². The lowest BCUT2D eigenvalue weighted by Gasteiger charge is -1.89. The molecule has 0 saturated heterocycles. The van der Waals surface area contributed by atoms with Crippen molar-refractivity contribution in [2.24, 2.45) is 0 Å². The Balaban J connectivity index is 3.39. The van der Waals surface area contributed by atoms with Gasteiger partial charge < -0.3 is 9.90 Å². The number of aldehydes is 1. The molecule has 0 amide bonds. The number of allylic oxidation sites excluding steroid dienone is 6. The average molecular weight is 222 g/mol. The van der Waals surface area contributed by atoms with Crippen LogP contribution in [-0.2, 0) is 9.59 Å². The van der Waals surface area contributed by atoms with Gasteiger partial charge in [0.05, 0.1) is 0 Å². The summed E-state index contributed by atoms with van der Waals surface area (Å²) in [5.74, 6) is -0.742. The predicted molar refractivity (Wildman–Crippen MR) is 64.2 cm³/mol. The van der Waals surface area contributed by atoms with Crippen LogP contribution in [0.15, 0.2) is 36.5 Å². The maximum absolute atomic E-state index is 10.2. The van der Waals surface area contributed by atoms with E-state index in [4.69, 9.17) is 5.11 Å². The molecule has 0 radical (unpaired) electrons. The summed E-state index contributed by atoms with van der Waals surface area (Å²) in [7, 11) is 0. The zero-order valence-corrected chi connectivity index (χ0v) is 9.34. The van der Waals surface area contributed by atoms with Crippen molar-refractivity contribution in [2.45, 2.75) is 32.1 Å². The van der Waals surface area contributed by atoms with E-state index in [1.54, 1.807) is 6.08 Å². The molecule has 0 unspecified atom stereocenters. The van der Waals surface area contributed by atoms with Gasteiger partial charge in [0.25, 0.3) is 0 Å². The summed E-state index contributed by atoms with van der Waals surface area (Å²) in [4.78, 5) is 20.2. The molecule has 0 aromatic carbocycles. The molecule has 16 heavy (non-hydrogen) atoms. The molecule has 3 nitrogen and oxygen atoms in total. The van der Waals surface area contributed by atoms with Crippen molar-refractivity contribution in [1.29, 1.82) is 0 Å². The van der Waals surface area contributed by atoms with Crippen LogP contribution in [0.5, 0.6) is 0 Å². The Morgan fingerprint density at radius 3 is 2.31 bits per heavy atom. The molecule has 0 aliphatic carbocycles. The molecule has 0 saturated carbocycles. The Morgan fingerprint density at radius 2 is 1.69 bits per heavy atom. The van der Waals surface area contributed by atoms with Crippen LogP contribution in [0.4, 0.5) is 0 Å². The summed E-state index contributed by atoms with van der Waals surface area (Å²) >= 11 is 0. The van der Waals surface area contributed by atoms with Crippen molar-refractivity contribution in [2.75, 3.05) is 0 Å². The molecule has 0 atom stereocenters. The number of unbranched alkanes of at least 4 members (excludes halogenated alkanes) is 1. The van der Waals surface area contributed by atoms with E-state index in [2.05, 4.69) is 0 Å². The number of carboxylic acids is 1. The van der Waals surface area contributed by atoms with Gasteiger partial charge in [-0.2, -0.15) is 0 Å². The van der Waals surface area contributed by atoms with Gasteiger partial charge in [-0.05, 0) is 19.3 Å². The standard InChI is InChI=1S/C13H18O3/c14-12-10-8-6-4-2-1-3-5-7-9-11-13(15)16/h2-6,8,12H,1,7,9-11H2,(H,15,16). The Morgan fingerprint density at radius 1 is 1.00 bits per heavy atom. The largest absolute Gasteiger partial charge is 0.481 e. The minimum absolute atomic E-state index is 0.231. The van der Waals surface area contributed by atoms with Crippen molar-refractivity contribution < 1.29 is 14.7 Å². The zero-order valence-electron chi connectivity index (χ0n) is 9.34. The predicted octanol–water partition coefficient (Wildman–Crippen LogP) is 2.89. The third kappa shape index (κ3) is 12.4. The Hall–Kier alpha value is -1.64. The maximum Gasteiger partial charge on any atom is 0.303 e. The van der Waals surface area contributed by atoms with Crippen LogP contribution in [-0.4, -0.2) is 17.4 Å². The molecule has 0 bridgehead atoms. The smallest absolute Gasteiger partial charge is 0.303 e. The number of aliphatic carboxylic acids is 1. The molecule has 0 aliphatic heterocycles. The monoisotopic (exact) mass is 222 g/mol. The van der Waals surface area contributed by atoms with Crippen molar-refractivity contribution in [3.05, 3.63) is 36.5 Å². The van der Waals surface area contributed by atoms with Gasteiger partial charge in [-0.25, -0.2) is 0 Å². The van der Waals surface area contributed by atoms with Crippen LogP contribution in [0, 0.1) is 0 Å². The highest BCUT2D eigenvalue weighted by Crippen LogP contribution is 1.97. The lowest BCUT2D eigenvalue weighted by molar-refractivity contribution is -0.137. The van der Waals surface area contributed by atoms with E-state index in [0.717, 1.165) is 19.1 Å². The van der Waals surface area contributed by atoms with Crippen molar-refractivity contribution in [3.8, 4) is 0 Å². The molecule has 0 aromatic rings. The Bertz CT molecular complexity index is 275. The van der Waals surface area contributed by atoms with Crippen LogP contribution in [0.3, 0.4) is 0 Å². The Kier molecular flexibility index (Phi) is 10.3. The SMILES string of the molecule is O=CCC=CC=CCC=CCCCC(=O)O. The summed E-state index contributed by atoms with van der Waals surface area (Å²) < 4.78 is 0. The molecular weight excluding hydrogens is 204 g/mol. The fourth-order valence-corrected chi connectivity index (χ4v) is 1.03. The summed E-state index contributed by atoms with van der Waals surface area (Å²) in [5.41, 5.74) is 0. The van der Waals surface area contributed by atoms with E-state index in [9.17, 15) is 9.59 Å². The molecule has 1 N–H and O–H groups in total. The number of rotatable bonds is 9. The van der Waals surface area contributed by atoms with Crippen LogP contribution >= 0.6 is 0 Å². The normalized spacial score (nSPS) is 11.8. The third-order valence-electron chi connectivity index (χ3n) is 1.82. The van der Waals surface area contributed by atoms with Gasteiger partial charge in [-0.15, -0.1) is 0 Å². The molecule has 0 rings (SSSR count). The zero-order chi connectivity index (χ0) is 12.1. The van der Waals surface area contributed by atoms with Crippen molar-refractivity contribution in [1.82, 2.24) is 0 Å². The van der Waals surface area contributed by atoms with Crippen molar-refractivity contribution >= 4 is 12.3 Å². The number of hydrogen-bond donors (Lipinski definition) is 1. The number of hydrogen-bond acceptors (Lipinski definition) is 2. The second-order valence-corrected chi connectivity index (χ2v) is 3.25. The van der Waals surface area contributed by atoms with Gasteiger partial charge >= 0.3 is 5.97 Å². The van der Waals surface area contributed by atoms with E-state index in [0.29, 0.717) is 12.8 Å². The summed E-state index contributed by atoms with van der Waals surface area (Å²) in [6.45, 7) is 0. The molecule has 0 spiro atoms. The van der Waals surface area contributed by atoms with E-state index in [1.807, 2.05) is 30.4 Å². The topological polar surface area (TPSA) is 54.4 Å². The highest BCUT2D eigenvalue weighted by atomic mass is 16.4. The van der Waals surface area contributed by atoms with Gasteiger partial charge in [0.15, 0.2) is 0 Å². The third-order valence-corrected chi connectivity index (χ3v) is 1.82. The summed E-state index contributed by atoms with van der Waals surface area (Å²) in [6, 6.07) is 0. The fourth-order valence-electron chi connectivity index (χ4n) is 1.03. The quantitative estimate of drug-likeness (QED) is 0.282. The van der Waals surface area contributed by atoms with Gasteiger partial charge in [-0.1, -0.05) is 36.5 Å². The van der Waals surface area contributed by atoms with Gasteiger partial charge in [0.2, 0.25) is 0 Å². The minimum atomic E-state index is -0.742. The molecule has 3 heteroatoms. The molecular formula is C13H18O3. The van der Waals surface area contributed by atoms with Crippen LogP contribution in [0.1, 0.15) is 32.1 Å². The Labute approximate surface area is 96.2 Å². The average Bonchev–Trinajstić information content (AvgIpc) is 2.25. The lowest BCUT2D eigenvalue weighted by atomic mass is 10.2. The molecule has 0 heterocycles. The van der Waals surface area contributed by atoms with Crippen LogP contribution in [0.2, 0.25) is 0 Å². The van der Waals surface area contributed by atoms with E-state index in [-0.39, 0.29) is 6.42 Å². The lowest BCUT2D eigenvalue weighted by Crippen LogP contribution is -1.92. The van der Waals surface area contributed by atoms with E-state index < -0.39 is 5.97 Å².